The van der Waals surface area contributed by atoms with E-state index in [2.05, 4.69) is 5.32 Å². The van der Waals surface area contributed by atoms with Gasteiger partial charge in [-0.2, -0.15) is 5.26 Å². The number of nitrogens with one attached hydrogen (secondary N) is 1. The molecule has 0 aromatic heterocycles. The second kappa shape index (κ2) is 7.95. The SMILES string of the molecule is COc1ccc(/C=C(\C#N)C(=O)Nc2ccc(Cl)c([N+](=O)[O-])c2)cc1. The number of hydrogen-bond donors (Lipinski definition) is 1. The van der Waals surface area contributed by atoms with Crippen LogP contribution in [0.15, 0.2) is 48.0 Å². The van der Waals surface area contributed by atoms with E-state index in [4.69, 9.17) is 16.3 Å². The Hall–Kier alpha value is -3.37. The van der Waals surface area contributed by atoms with E-state index in [0.29, 0.717) is 11.3 Å². The third kappa shape index (κ3) is 4.56. The van der Waals surface area contributed by atoms with Crippen molar-refractivity contribution in [3.8, 4) is 11.8 Å². The van der Waals surface area contributed by atoms with Crippen LogP contribution in [0.2, 0.25) is 5.02 Å². The number of nitrogens with zero attached hydrogens (tertiary/aromatic N) is 2. The van der Waals surface area contributed by atoms with Gasteiger partial charge in [0, 0.05) is 11.8 Å². The molecule has 0 aliphatic heterocycles. The molecule has 8 heteroatoms. The van der Waals surface area contributed by atoms with E-state index in [9.17, 15) is 20.2 Å². The molecule has 0 heterocycles. The number of amides is 1. The van der Waals surface area contributed by atoms with Crippen molar-refractivity contribution in [1.29, 1.82) is 5.26 Å². The van der Waals surface area contributed by atoms with E-state index in [1.165, 1.54) is 25.3 Å². The largest absolute Gasteiger partial charge is 0.497 e. The highest BCUT2D eigenvalue weighted by Gasteiger charge is 2.15. The van der Waals surface area contributed by atoms with Gasteiger partial charge in [-0.3, -0.25) is 14.9 Å². The van der Waals surface area contributed by atoms with Gasteiger partial charge < -0.3 is 10.1 Å². The maximum Gasteiger partial charge on any atom is 0.289 e. The number of benzene rings is 2. The normalized spacial score (nSPS) is 10.7. The maximum absolute atomic E-state index is 12.2. The number of nitro benzene ring substituents is 1. The Bertz CT molecular complexity index is 886. The quantitative estimate of drug-likeness (QED) is 0.379. The van der Waals surface area contributed by atoms with Crippen molar-refractivity contribution in [2.75, 3.05) is 12.4 Å². The number of nitriles is 1. The van der Waals surface area contributed by atoms with Crippen molar-refractivity contribution >= 4 is 35.0 Å². The van der Waals surface area contributed by atoms with Crippen LogP contribution in [0.3, 0.4) is 0 Å². The third-order valence-electron chi connectivity index (χ3n) is 3.19. The van der Waals surface area contributed by atoms with Gasteiger partial charge in [0.05, 0.1) is 12.0 Å². The molecule has 2 aromatic rings. The minimum atomic E-state index is -0.685. The van der Waals surface area contributed by atoms with E-state index in [0.717, 1.165) is 6.07 Å². The molecule has 0 bridgehead atoms. The summed E-state index contributed by atoms with van der Waals surface area (Å²) < 4.78 is 5.04. The van der Waals surface area contributed by atoms with Crippen LogP contribution in [0.5, 0.6) is 5.75 Å². The van der Waals surface area contributed by atoms with Crippen molar-refractivity contribution in [3.05, 3.63) is 68.7 Å². The Morgan fingerprint density at radius 2 is 2.00 bits per heavy atom. The molecule has 0 fully saturated rings. The lowest BCUT2D eigenvalue weighted by atomic mass is 10.1. The minimum absolute atomic E-state index is 0.0442. The Balaban J connectivity index is 2.22. The van der Waals surface area contributed by atoms with Crippen LogP contribution in [0.1, 0.15) is 5.56 Å². The monoisotopic (exact) mass is 357 g/mol. The molecular formula is C17H12ClN3O4. The second-order valence-electron chi connectivity index (χ2n) is 4.82. The number of halogens is 1. The molecule has 0 atom stereocenters. The number of anilines is 1. The molecule has 0 saturated heterocycles. The molecule has 25 heavy (non-hydrogen) atoms. The number of hydrogen-bond acceptors (Lipinski definition) is 5. The van der Waals surface area contributed by atoms with Crippen molar-refractivity contribution in [2.45, 2.75) is 0 Å². The molecule has 2 rings (SSSR count). The highest BCUT2D eigenvalue weighted by Crippen LogP contribution is 2.27. The van der Waals surface area contributed by atoms with Gasteiger partial charge in [-0.05, 0) is 35.9 Å². The summed E-state index contributed by atoms with van der Waals surface area (Å²) in [6.07, 6.45) is 1.40. The lowest BCUT2D eigenvalue weighted by molar-refractivity contribution is -0.384. The molecule has 0 saturated carbocycles. The average molecular weight is 358 g/mol. The second-order valence-corrected chi connectivity index (χ2v) is 5.23. The summed E-state index contributed by atoms with van der Waals surface area (Å²) in [7, 11) is 1.53. The zero-order valence-electron chi connectivity index (χ0n) is 13.0. The molecular weight excluding hydrogens is 346 g/mol. The first-order valence-corrected chi connectivity index (χ1v) is 7.33. The zero-order valence-corrected chi connectivity index (χ0v) is 13.8. The van der Waals surface area contributed by atoms with Gasteiger partial charge in [-0.25, -0.2) is 0 Å². The minimum Gasteiger partial charge on any atom is -0.497 e. The Morgan fingerprint density at radius 3 is 2.56 bits per heavy atom. The predicted molar refractivity (Wildman–Crippen MR) is 93.3 cm³/mol. The molecule has 0 unspecified atom stereocenters. The number of ether oxygens (including phenoxy) is 1. The first-order valence-electron chi connectivity index (χ1n) is 6.95. The van der Waals surface area contributed by atoms with Crippen LogP contribution >= 0.6 is 11.6 Å². The van der Waals surface area contributed by atoms with Crippen molar-refractivity contribution in [2.24, 2.45) is 0 Å². The molecule has 7 nitrogen and oxygen atoms in total. The molecule has 0 aliphatic carbocycles. The molecule has 0 aliphatic rings. The van der Waals surface area contributed by atoms with Gasteiger partial charge in [-0.15, -0.1) is 0 Å². The van der Waals surface area contributed by atoms with Crippen LogP contribution in [0.25, 0.3) is 6.08 Å². The summed E-state index contributed by atoms with van der Waals surface area (Å²) in [5, 5.41) is 22.5. The first kappa shape index (κ1) is 18.0. The van der Waals surface area contributed by atoms with Crippen molar-refractivity contribution in [1.82, 2.24) is 0 Å². The summed E-state index contributed by atoms with van der Waals surface area (Å²) >= 11 is 5.72. The van der Waals surface area contributed by atoms with Crippen molar-refractivity contribution < 1.29 is 14.5 Å². The van der Waals surface area contributed by atoms with Gasteiger partial charge in [0.25, 0.3) is 11.6 Å². The fourth-order valence-corrected chi connectivity index (χ4v) is 2.13. The average Bonchev–Trinajstić information content (AvgIpc) is 2.61. The number of carbonyl (C=O) groups is 1. The summed E-state index contributed by atoms with van der Waals surface area (Å²) in [5.74, 6) is -0.0384. The van der Waals surface area contributed by atoms with Gasteiger partial charge in [0.2, 0.25) is 0 Å². The van der Waals surface area contributed by atoms with E-state index < -0.39 is 10.8 Å². The number of rotatable bonds is 5. The smallest absolute Gasteiger partial charge is 0.289 e. The van der Waals surface area contributed by atoms with Crippen LogP contribution in [0, 0.1) is 21.4 Å². The predicted octanol–water partition coefficient (Wildman–Crippen LogP) is 3.80. The number of methoxy groups -OCH3 is 1. The topological polar surface area (TPSA) is 105 Å². The Morgan fingerprint density at radius 1 is 1.32 bits per heavy atom. The zero-order chi connectivity index (χ0) is 18.4. The van der Waals surface area contributed by atoms with Crippen LogP contribution in [0.4, 0.5) is 11.4 Å². The maximum atomic E-state index is 12.2. The van der Waals surface area contributed by atoms with E-state index in [1.54, 1.807) is 30.3 Å². The molecule has 126 valence electrons. The third-order valence-corrected chi connectivity index (χ3v) is 3.51. The van der Waals surface area contributed by atoms with Crippen molar-refractivity contribution in [3.63, 3.8) is 0 Å². The highest BCUT2D eigenvalue weighted by atomic mass is 35.5. The first-order chi connectivity index (χ1) is 11.9. The summed E-state index contributed by atoms with van der Waals surface area (Å²) in [6, 6.07) is 12.4. The Kier molecular flexibility index (Phi) is 5.71. The van der Waals surface area contributed by atoms with Crippen LogP contribution in [-0.4, -0.2) is 17.9 Å². The number of carbonyl (C=O) groups excluding carboxylic acids is 1. The molecule has 1 N–H and O–H groups in total. The molecule has 0 radical (unpaired) electrons. The van der Waals surface area contributed by atoms with Gasteiger partial charge in [-0.1, -0.05) is 23.7 Å². The number of nitro groups is 1. The standard InChI is InChI=1S/C17H12ClN3O4/c1-25-14-5-2-11(3-6-14)8-12(10-19)17(22)20-13-4-7-15(18)16(9-13)21(23)24/h2-9H,1H3,(H,20,22)/b12-8+. The lowest BCUT2D eigenvalue weighted by Crippen LogP contribution is -2.13. The summed E-state index contributed by atoms with van der Waals surface area (Å²) in [5.41, 5.74) is 0.312. The lowest BCUT2D eigenvalue weighted by Gasteiger charge is -2.05. The summed E-state index contributed by atoms with van der Waals surface area (Å²) in [6.45, 7) is 0. The van der Waals surface area contributed by atoms with Crippen LogP contribution in [-0.2, 0) is 4.79 Å². The molecule has 1 amide bonds. The van der Waals surface area contributed by atoms with Gasteiger partial charge in [0.1, 0.15) is 22.4 Å². The fourth-order valence-electron chi connectivity index (χ4n) is 1.94. The molecule has 2 aromatic carbocycles. The van der Waals surface area contributed by atoms with E-state index in [1.807, 2.05) is 0 Å². The Labute approximate surface area is 148 Å². The van der Waals surface area contributed by atoms with E-state index >= 15 is 0 Å². The highest BCUT2D eigenvalue weighted by molar-refractivity contribution is 6.32. The van der Waals surface area contributed by atoms with Gasteiger partial charge in [0.15, 0.2) is 0 Å². The van der Waals surface area contributed by atoms with Gasteiger partial charge >= 0.3 is 0 Å². The van der Waals surface area contributed by atoms with E-state index in [-0.39, 0.29) is 22.0 Å². The molecule has 0 spiro atoms. The van der Waals surface area contributed by atoms with Crippen LogP contribution < -0.4 is 10.1 Å². The fraction of sp³-hybridized carbons (Fsp3) is 0.0588. The summed E-state index contributed by atoms with van der Waals surface area (Å²) in [4.78, 5) is 22.4.